The summed E-state index contributed by atoms with van der Waals surface area (Å²) in [6.45, 7) is 5.95. The summed E-state index contributed by atoms with van der Waals surface area (Å²) in [6, 6.07) is 0. The summed E-state index contributed by atoms with van der Waals surface area (Å²) < 4.78 is 15.7. The predicted octanol–water partition coefficient (Wildman–Crippen LogP) is 1.75. The first-order valence-corrected chi connectivity index (χ1v) is 8.45. The van der Waals surface area contributed by atoms with Crippen LogP contribution in [0.1, 0.15) is 40.5 Å². The molecule has 7 heteroatoms. The molecule has 1 N–H and O–H groups in total. The van der Waals surface area contributed by atoms with Crippen LogP contribution in [-0.2, 0) is 28.6 Å². The lowest BCUT2D eigenvalue weighted by atomic mass is 9.92. The Kier molecular flexibility index (Phi) is 6.37. The van der Waals surface area contributed by atoms with Crippen LogP contribution in [0.3, 0.4) is 0 Å². The molecule has 142 valence electrons. The Balaban J connectivity index is 2.42. The fourth-order valence-electron chi connectivity index (χ4n) is 2.93. The first-order valence-electron chi connectivity index (χ1n) is 8.45. The minimum Gasteiger partial charge on any atom is -0.461 e. The second-order valence-corrected chi connectivity index (χ2v) is 6.52. The Morgan fingerprint density at radius 3 is 2.54 bits per heavy atom. The number of fused-ring (bicyclic) bond motifs is 1. The first-order chi connectivity index (χ1) is 12.2. The quantitative estimate of drug-likeness (QED) is 0.463. The maximum absolute atomic E-state index is 12.2. The van der Waals surface area contributed by atoms with Gasteiger partial charge in [0.25, 0.3) is 0 Å². The molecule has 0 bridgehead atoms. The molecule has 3 unspecified atom stereocenters. The number of ether oxygens (including phenoxy) is 3. The van der Waals surface area contributed by atoms with Crippen LogP contribution in [0, 0.1) is 0 Å². The summed E-state index contributed by atoms with van der Waals surface area (Å²) in [5.41, 5.74) is 2.36. The van der Waals surface area contributed by atoms with Crippen molar-refractivity contribution in [2.75, 3.05) is 6.61 Å². The summed E-state index contributed by atoms with van der Waals surface area (Å²) in [7, 11) is 0. The lowest BCUT2D eigenvalue weighted by Gasteiger charge is -2.24. The lowest BCUT2D eigenvalue weighted by Crippen LogP contribution is -2.26. The summed E-state index contributed by atoms with van der Waals surface area (Å²) in [5.74, 6) is -1.48. The van der Waals surface area contributed by atoms with Gasteiger partial charge in [-0.1, -0.05) is 6.08 Å². The monoisotopic (exact) mass is 364 g/mol. The Bertz CT molecular complexity index is 699. The Hall–Kier alpha value is -2.41. The normalized spacial score (nSPS) is 26.3. The lowest BCUT2D eigenvalue weighted by molar-refractivity contribution is -0.146. The highest BCUT2D eigenvalue weighted by Gasteiger charge is 2.34. The third-order valence-corrected chi connectivity index (χ3v) is 4.47. The molecule has 0 saturated carbocycles. The largest absolute Gasteiger partial charge is 0.461 e. The van der Waals surface area contributed by atoms with E-state index < -0.39 is 36.2 Å². The molecule has 0 amide bonds. The highest BCUT2D eigenvalue weighted by atomic mass is 16.6. The van der Waals surface area contributed by atoms with Gasteiger partial charge < -0.3 is 19.3 Å². The van der Waals surface area contributed by atoms with Gasteiger partial charge in [0, 0.05) is 20.3 Å². The van der Waals surface area contributed by atoms with Gasteiger partial charge in [0.15, 0.2) is 0 Å². The van der Waals surface area contributed by atoms with Gasteiger partial charge in [0.05, 0.1) is 11.7 Å². The van der Waals surface area contributed by atoms with Gasteiger partial charge in [-0.2, -0.15) is 0 Å². The van der Waals surface area contributed by atoms with E-state index in [0.717, 1.165) is 0 Å². The number of carbonyl (C=O) groups is 3. The molecule has 2 rings (SSSR count). The Morgan fingerprint density at radius 1 is 1.23 bits per heavy atom. The molecule has 0 aromatic rings. The van der Waals surface area contributed by atoms with Crippen LogP contribution in [0.25, 0.3) is 0 Å². The maximum atomic E-state index is 12.2. The summed E-state index contributed by atoms with van der Waals surface area (Å²) in [6.07, 6.45) is 2.11. The average molecular weight is 364 g/mol. The van der Waals surface area contributed by atoms with Gasteiger partial charge in [-0.05, 0) is 43.1 Å². The van der Waals surface area contributed by atoms with E-state index in [-0.39, 0.29) is 13.0 Å². The van der Waals surface area contributed by atoms with Crippen molar-refractivity contribution >= 4 is 17.9 Å². The molecule has 0 aromatic carbocycles. The van der Waals surface area contributed by atoms with E-state index in [1.807, 2.05) is 6.08 Å². The number of hydrogen-bond donors (Lipinski definition) is 1. The molecule has 0 radical (unpaired) electrons. The number of rotatable bonds is 3. The van der Waals surface area contributed by atoms with Crippen molar-refractivity contribution in [3.05, 3.63) is 34.4 Å². The predicted molar refractivity (Wildman–Crippen MR) is 91.8 cm³/mol. The molecule has 1 heterocycles. The van der Waals surface area contributed by atoms with Gasteiger partial charge in [-0.15, -0.1) is 0 Å². The molecule has 0 spiro atoms. The van der Waals surface area contributed by atoms with Crippen LogP contribution >= 0.6 is 0 Å². The van der Waals surface area contributed by atoms with Crippen LogP contribution in [0.4, 0.5) is 0 Å². The number of aliphatic hydroxyl groups excluding tert-OH is 1. The van der Waals surface area contributed by atoms with Crippen LogP contribution in [0.5, 0.6) is 0 Å². The van der Waals surface area contributed by atoms with E-state index in [4.69, 9.17) is 14.2 Å². The number of aliphatic hydroxyl groups is 1. The molecule has 1 aliphatic carbocycles. The van der Waals surface area contributed by atoms with Crippen LogP contribution in [0.15, 0.2) is 34.4 Å². The highest BCUT2D eigenvalue weighted by Crippen LogP contribution is 2.31. The summed E-state index contributed by atoms with van der Waals surface area (Å²) in [5, 5.41) is 10.4. The van der Waals surface area contributed by atoms with E-state index in [9.17, 15) is 19.5 Å². The van der Waals surface area contributed by atoms with Gasteiger partial charge in [0.2, 0.25) is 0 Å². The van der Waals surface area contributed by atoms with Crippen LogP contribution in [0.2, 0.25) is 0 Å². The maximum Gasteiger partial charge on any atom is 0.338 e. The van der Waals surface area contributed by atoms with Gasteiger partial charge in [-0.3, -0.25) is 9.59 Å². The van der Waals surface area contributed by atoms with Crippen LogP contribution < -0.4 is 0 Å². The molecule has 26 heavy (non-hydrogen) atoms. The van der Waals surface area contributed by atoms with Crippen molar-refractivity contribution in [2.24, 2.45) is 0 Å². The van der Waals surface area contributed by atoms with E-state index in [1.165, 1.54) is 13.8 Å². The zero-order valence-corrected chi connectivity index (χ0v) is 15.4. The van der Waals surface area contributed by atoms with Crippen molar-refractivity contribution in [3.8, 4) is 0 Å². The standard InChI is InChI=1S/C19H24O7/c1-10-5-6-14-15(9-24-12(3)20)19(23)26-18(14)7-11(2)17(8-16(10)22)25-13(4)21/h5,7,16-18,22H,6,8-9H2,1-4H3. The zero-order valence-electron chi connectivity index (χ0n) is 15.4. The SMILES string of the molecule is CC(=O)OCC1=C2CC=C(C)C(O)CC(OC(C)=O)C(C)=CC2OC1=O. The average Bonchev–Trinajstić information content (AvgIpc) is 2.83. The van der Waals surface area contributed by atoms with Crippen LogP contribution in [-0.4, -0.2) is 47.9 Å². The van der Waals surface area contributed by atoms with E-state index in [1.54, 1.807) is 19.9 Å². The topological polar surface area (TPSA) is 99.1 Å². The highest BCUT2D eigenvalue weighted by molar-refractivity contribution is 5.93. The number of allylic oxidation sites excluding steroid dienone is 1. The second-order valence-electron chi connectivity index (χ2n) is 6.52. The zero-order chi connectivity index (χ0) is 19.4. The van der Waals surface area contributed by atoms with Crippen molar-refractivity contribution in [1.82, 2.24) is 0 Å². The molecule has 0 saturated heterocycles. The molecule has 0 aromatic heterocycles. The van der Waals surface area contributed by atoms with E-state index in [0.29, 0.717) is 28.7 Å². The molecule has 1 aliphatic heterocycles. The fraction of sp³-hybridized carbons (Fsp3) is 0.526. The minimum atomic E-state index is -0.783. The van der Waals surface area contributed by atoms with Gasteiger partial charge in [-0.25, -0.2) is 4.79 Å². The van der Waals surface area contributed by atoms with Gasteiger partial charge in [0.1, 0.15) is 18.8 Å². The first kappa shape index (κ1) is 19.9. The number of carbonyl (C=O) groups excluding carboxylic acids is 3. The van der Waals surface area contributed by atoms with Crippen molar-refractivity contribution < 1.29 is 33.7 Å². The third-order valence-electron chi connectivity index (χ3n) is 4.47. The minimum absolute atomic E-state index is 0.157. The smallest absolute Gasteiger partial charge is 0.338 e. The summed E-state index contributed by atoms with van der Waals surface area (Å²) >= 11 is 0. The van der Waals surface area contributed by atoms with Gasteiger partial charge >= 0.3 is 17.9 Å². The van der Waals surface area contributed by atoms with Crippen molar-refractivity contribution in [2.45, 2.75) is 58.8 Å². The van der Waals surface area contributed by atoms with E-state index in [2.05, 4.69) is 0 Å². The fourth-order valence-corrected chi connectivity index (χ4v) is 2.93. The second kappa shape index (κ2) is 8.31. The number of esters is 3. The number of hydrogen-bond acceptors (Lipinski definition) is 7. The molecule has 3 atom stereocenters. The van der Waals surface area contributed by atoms with Crippen molar-refractivity contribution in [1.29, 1.82) is 0 Å². The molecule has 0 fully saturated rings. The Labute approximate surface area is 152 Å². The molecular formula is C19H24O7. The molecule has 7 nitrogen and oxygen atoms in total. The van der Waals surface area contributed by atoms with E-state index >= 15 is 0 Å². The Morgan fingerprint density at radius 2 is 1.92 bits per heavy atom. The van der Waals surface area contributed by atoms with Crippen molar-refractivity contribution in [3.63, 3.8) is 0 Å². The summed E-state index contributed by atoms with van der Waals surface area (Å²) in [4.78, 5) is 34.7. The molecule has 2 aliphatic rings. The third kappa shape index (κ3) is 4.82. The molecular weight excluding hydrogens is 340 g/mol.